The summed E-state index contributed by atoms with van der Waals surface area (Å²) < 4.78 is 2.30. The average molecular weight is 355 g/mol. The minimum Gasteiger partial charge on any atom is -0.357 e. The summed E-state index contributed by atoms with van der Waals surface area (Å²) in [6.07, 6.45) is 3.15. The standard InChI is InChI=1S/C20H29N5O/c1-3-21-20(25-15-13-23(14-16-25)17(2)26)22-10-6-11-24-12-9-18-7-4-5-8-19(18)24/h4-5,7-9,12H,3,6,10-11,13-16H2,1-2H3,(H,21,22). The number of nitrogens with zero attached hydrogens (tertiary/aromatic N) is 4. The highest BCUT2D eigenvalue weighted by molar-refractivity contribution is 5.81. The number of aliphatic imine (C=N–C) groups is 1. The maximum absolute atomic E-state index is 11.5. The number of piperazine rings is 1. The molecule has 0 spiro atoms. The smallest absolute Gasteiger partial charge is 0.219 e. The van der Waals surface area contributed by atoms with Crippen LogP contribution in [0.3, 0.4) is 0 Å². The Bertz CT molecular complexity index is 758. The molecule has 1 aromatic heterocycles. The Morgan fingerprint density at radius 1 is 1.12 bits per heavy atom. The van der Waals surface area contributed by atoms with Crippen LogP contribution in [0, 0.1) is 0 Å². The Morgan fingerprint density at radius 2 is 1.85 bits per heavy atom. The van der Waals surface area contributed by atoms with Crippen molar-refractivity contribution in [3.8, 4) is 0 Å². The third-order valence-corrected chi connectivity index (χ3v) is 4.86. The molecule has 1 saturated heterocycles. The van der Waals surface area contributed by atoms with E-state index in [9.17, 15) is 4.79 Å². The van der Waals surface area contributed by atoms with Crippen LogP contribution < -0.4 is 5.32 Å². The van der Waals surface area contributed by atoms with E-state index in [0.29, 0.717) is 0 Å². The number of benzene rings is 1. The largest absolute Gasteiger partial charge is 0.357 e. The summed E-state index contributed by atoms with van der Waals surface area (Å²) in [6, 6.07) is 10.6. The Balaban J connectivity index is 1.54. The number of carbonyl (C=O) groups excluding carboxylic acids is 1. The maximum Gasteiger partial charge on any atom is 0.219 e. The highest BCUT2D eigenvalue weighted by atomic mass is 16.2. The second-order valence-electron chi connectivity index (χ2n) is 6.65. The first-order valence-corrected chi connectivity index (χ1v) is 9.51. The minimum atomic E-state index is 0.158. The van der Waals surface area contributed by atoms with E-state index in [0.717, 1.165) is 58.2 Å². The number of amides is 1. The van der Waals surface area contributed by atoms with Gasteiger partial charge >= 0.3 is 0 Å². The number of hydrogen-bond acceptors (Lipinski definition) is 2. The molecular weight excluding hydrogens is 326 g/mol. The normalized spacial score (nSPS) is 15.5. The van der Waals surface area contributed by atoms with Crippen LogP contribution in [0.2, 0.25) is 0 Å². The summed E-state index contributed by atoms with van der Waals surface area (Å²) in [6.45, 7) is 9.57. The Kier molecular flexibility index (Phi) is 6.15. The summed E-state index contributed by atoms with van der Waals surface area (Å²) in [5.41, 5.74) is 1.28. The molecule has 1 amide bonds. The summed E-state index contributed by atoms with van der Waals surface area (Å²) in [7, 11) is 0. The first-order chi connectivity index (χ1) is 12.7. The number of hydrogen-bond donors (Lipinski definition) is 1. The summed E-state index contributed by atoms with van der Waals surface area (Å²) in [5, 5.41) is 4.67. The van der Waals surface area contributed by atoms with Crippen LogP contribution in [0.15, 0.2) is 41.5 Å². The molecular formula is C20H29N5O. The van der Waals surface area contributed by atoms with Crippen LogP contribution in [0.5, 0.6) is 0 Å². The number of carbonyl (C=O) groups is 1. The van der Waals surface area contributed by atoms with Gasteiger partial charge in [-0.15, -0.1) is 0 Å². The van der Waals surface area contributed by atoms with Gasteiger partial charge in [0.15, 0.2) is 5.96 Å². The van der Waals surface area contributed by atoms with E-state index in [4.69, 9.17) is 4.99 Å². The fourth-order valence-electron chi connectivity index (χ4n) is 3.42. The van der Waals surface area contributed by atoms with Crippen LogP contribution >= 0.6 is 0 Å². The summed E-state index contributed by atoms with van der Waals surface area (Å²) >= 11 is 0. The maximum atomic E-state index is 11.5. The van der Waals surface area contributed by atoms with E-state index < -0.39 is 0 Å². The van der Waals surface area contributed by atoms with Gasteiger partial charge in [0.1, 0.15) is 0 Å². The molecule has 1 aromatic carbocycles. The number of aromatic nitrogens is 1. The highest BCUT2D eigenvalue weighted by Gasteiger charge is 2.20. The fraction of sp³-hybridized carbons (Fsp3) is 0.500. The molecule has 26 heavy (non-hydrogen) atoms. The van der Waals surface area contributed by atoms with E-state index >= 15 is 0 Å². The number of aryl methyl sites for hydroxylation is 1. The van der Waals surface area contributed by atoms with E-state index in [-0.39, 0.29) is 5.91 Å². The van der Waals surface area contributed by atoms with Gasteiger partial charge in [0.25, 0.3) is 0 Å². The number of nitrogens with one attached hydrogen (secondary N) is 1. The van der Waals surface area contributed by atoms with Crippen molar-refractivity contribution in [2.75, 3.05) is 39.3 Å². The molecule has 0 atom stereocenters. The molecule has 0 radical (unpaired) electrons. The van der Waals surface area contributed by atoms with Crippen LogP contribution in [-0.2, 0) is 11.3 Å². The van der Waals surface area contributed by atoms with Gasteiger partial charge < -0.3 is 19.7 Å². The molecule has 6 nitrogen and oxygen atoms in total. The SMILES string of the molecule is CCNC(=NCCCn1ccc2ccccc21)N1CCN(C(C)=O)CC1. The predicted octanol–water partition coefficient (Wildman–Crippen LogP) is 2.16. The lowest BCUT2D eigenvalue weighted by Gasteiger charge is -2.36. The van der Waals surface area contributed by atoms with Crippen molar-refractivity contribution in [1.29, 1.82) is 0 Å². The van der Waals surface area contributed by atoms with Crippen molar-refractivity contribution in [2.24, 2.45) is 4.99 Å². The van der Waals surface area contributed by atoms with E-state index in [2.05, 4.69) is 58.2 Å². The number of fused-ring (bicyclic) bond motifs is 1. The van der Waals surface area contributed by atoms with Gasteiger partial charge in [0.05, 0.1) is 0 Å². The highest BCUT2D eigenvalue weighted by Crippen LogP contribution is 2.15. The molecule has 0 saturated carbocycles. The van der Waals surface area contributed by atoms with Crippen LogP contribution in [-0.4, -0.2) is 65.5 Å². The molecule has 0 bridgehead atoms. The van der Waals surface area contributed by atoms with Gasteiger partial charge in [-0.3, -0.25) is 9.79 Å². The number of guanidine groups is 1. The van der Waals surface area contributed by atoms with Gasteiger partial charge in [0, 0.05) is 64.5 Å². The average Bonchev–Trinajstić information content (AvgIpc) is 3.07. The molecule has 1 fully saturated rings. The topological polar surface area (TPSA) is 52.9 Å². The first-order valence-electron chi connectivity index (χ1n) is 9.51. The lowest BCUT2D eigenvalue weighted by molar-refractivity contribution is -0.130. The van der Waals surface area contributed by atoms with Gasteiger partial charge in [-0.25, -0.2) is 0 Å². The lowest BCUT2D eigenvalue weighted by atomic mass is 10.2. The summed E-state index contributed by atoms with van der Waals surface area (Å²) in [4.78, 5) is 20.4. The zero-order valence-electron chi connectivity index (χ0n) is 15.8. The molecule has 1 aliphatic rings. The van der Waals surface area contributed by atoms with Crippen molar-refractivity contribution in [1.82, 2.24) is 19.7 Å². The van der Waals surface area contributed by atoms with Crippen molar-refractivity contribution < 1.29 is 4.79 Å². The van der Waals surface area contributed by atoms with Gasteiger partial charge in [-0.1, -0.05) is 18.2 Å². The van der Waals surface area contributed by atoms with Crippen LogP contribution in [0.1, 0.15) is 20.3 Å². The van der Waals surface area contributed by atoms with E-state index in [1.165, 1.54) is 10.9 Å². The first kappa shape index (κ1) is 18.3. The minimum absolute atomic E-state index is 0.158. The molecule has 140 valence electrons. The quantitative estimate of drug-likeness (QED) is 0.508. The molecule has 6 heteroatoms. The van der Waals surface area contributed by atoms with E-state index in [1.807, 2.05) is 4.90 Å². The van der Waals surface area contributed by atoms with Crippen molar-refractivity contribution in [3.05, 3.63) is 36.5 Å². The van der Waals surface area contributed by atoms with Crippen LogP contribution in [0.25, 0.3) is 10.9 Å². The Morgan fingerprint density at radius 3 is 2.58 bits per heavy atom. The van der Waals surface area contributed by atoms with Gasteiger partial charge in [-0.2, -0.15) is 0 Å². The molecule has 0 aliphatic carbocycles. The zero-order chi connectivity index (χ0) is 18.4. The molecule has 1 N–H and O–H groups in total. The molecule has 2 aromatic rings. The lowest BCUT2D eigenvalue weighted by Crippen LogP contribution is -2.53. The number of para-hydroxylation sites is 1. The molecule has 1 aliphatic heterocycles. The third kappa shape index (κ3) is 4.36. The molecule has 3 rings (SSSR count). The van der Waals surface area contributed by atoms with Gasteiger partial charge in [-0.05, 0) is 30.9 Å². The van der Waals surface area contributed by atoms with Crippen molar-refractivity contribution in [2.45, 2.75) is 26.8 Å². The van der Waals surface area contributed by atoms with Gasteiger partial charge in [0.2, 0.25) is 5.91 Å². The predicted molar refractivity (Wildman–Crippen MR) is 106 cm³/mol. The molecule has 2 heterocycles. The van der Waals surface area contributed by atoms with Crippen molar-refractivity contribution in [3.63, 3.8) is 0 Å². The second-order valence-corrected chi connectivity index (χ2v) is 6.65. The molecule has 0 unspecified atom stereocenters. The monoisotopic (exact) mass is 355 g/mol. The number of rotatable bonds is 5. The van der Waals surface area contributed by atoms with E-state index in [1.54, 1.807) is 6.92 Å². The second kappa shape index (κ2) is 8.74. The Hall–Kier alpha value is -2.50. The summed E-state index contributed by atoms with van der Waals surface area (Å²) in [5.74, 6) is 1.12. The Labute approximate surface area is 155 Å². The van der Waals surface area contributed by atoms with Crippen LogP contribution in [0.4, 0.5) is 0 Å². The fourth-order valence-corrected chi connectivity index (χ4v) is 3.42. The third-order valence-electron chi connectivity index (χ3n) is 4.86. The van der Waals surface area contributed by atoms with Crippen molar-refractivity contribution >= 4 is 22.8 Å². The zero-order valence-corrected chi connectivity index (χ0v) is 15.8.